The first-order chi connectivity index (χ1) is 23.3. The Morgan fingerprint density at radius 2 is 1.75 bits per heavy atom. The fourth-order valence-electron chi connectivity index (χ4n) is 6.62. The lowest BCUT2D eigenvalue weighted by molar-refractivity contribution is -0.0907. The van der Waals surface area contributed by atoms with E-state index in [1.807, 2.05) is 60.7 Å². The van der Waals surface area contributed by atoms with Crippen LogP contribution in [0.3, 0.4) is 0 Å². The van der Waals surface area contributed by atoms with E-state index in [4.69, 9.17) is 18.6 Å². The summed E-state index contributed by atoms with van der Waals surface area (Å²) in [5, 5.41) is 18.6. The number of hydrogen-bond donors (Lipinski definition) is 3. The summed E-state index contributed by atoms with van der Waals surface area (Å²) in [6.45, 7) is 7.19. The molecule has 2 saturated heterocycles. The molecule has 0 bridgehead atoms. The number of ether oxygens (including phenoxy) is 3. The van der Waals surface area contributed by atoms with E-state index in [1.165, 1.54) is 0 Å². The number of fused-ring (bicyclic) bond motifs is 2. The Bertz CT molecular complexity index is 1640. The molecule has 2 aliphatic heterocycles. The molecule has 2 fully saturated rings. The molecule has 3 heterocycles. The van der Waals surface area contributed by atoms with E-state index >= 15 is 0 Å². The summed E-state index contributed by atoms with van der Waals surface area (Å²) in [5.41, 5.74) is 4.29. The molecule has 254 valence electrons. The Kier molecular flexibility index (Phi) is 11.1. The van der Waals surface area contributed by atoms with Gasteiger partial charge in [-0.2, -0.15) is 0 Å². The predicted octanol–water partition coefficient (Wildman–Crippen LogP) is 5.28. The molecular weight excluding hydrogens is 610 g/mol. The molecule has 0 spiro atoms. The number of nitrogens with zero attached hydrogens (tertiary/aromatic N) is 1. The molecule has 48 heavy (non-hydrogen) atoms. The van der Waals surface area contributed by atoms with Crippen LogP contribution in [0.25, 0.3) is 11.0 Å². The minimum Gasteiger partial charge on any atom is -0.464 e. The van der Waals surface area contributed by atoms with Crippen molar-refractivity contribution in [2.75, 3.05) is 26.3 Å². The molecule has 0 unspecified atom stereocenters. The van der Waals surface area contributed by atoms with Gasteiger partial charge in [-0.15, -0.1) is 0 Å². The minimum atomic E-state index is -0.875. The molecule has 6 rings (SSSR count). The van der Waals surface area contributed by atoms with Gasteiger partial charge in [0.05, 0.1) is 37.5 Å². The highest BCUT2D eigenvalue weighted by Crippen LogP contribution is 2.33. The molecule has 3 aromatic carbocycles. The van der Waals surface area contributed by atoms with Crippen molar-refractivity contribution in [1.29, 1.82) is 0 Å². The molecule has 4 aromatic rings. The van der Waals surface area contributed by atoms with Crippen LogP contribution in [0.4, 0.5) is 4.79 Å². The molecule has 5 atom stereocenters. The third kappa shape index (κ3) is 8.62. The lowest BCUT2D eigenvalue weighted by Gasteiger charge is -2.31. The number of furan rings is 1. The lowest BCUT2D eigenvalue weighted by Crippen LogP contribution is -2.50. The van der Waals surface area contributed by atoms with Crippen molar-refractivity contribution >= 4 is 23.0 Å². The number of aliphatic hydroxyl groups is 1. The van der Waals surface area contributed by atoms with Crippen LogP contribution in [0.15, 0.2) is 89.5 Å². The fraction of sp³-hybridized carbons (Fsp3) is 0.421. The van der Waals surface area contributed by atoms with Gasteiger partial charge in [0, 0.05) is 42.7 Å². The number of carbonyl (C=O) groups excluding carboxylic acids is 2. The smallest absolute Gasteiger partial charge is 0.407 e. The largest absolute Gasteiger partial charge is 0.464 e. The molecule has 10 heteroatoms. The standard InChI is InChI=1S/C38H45N3O7/c1-25(2)20-41(21-27-13-14-34-31(17-27)29(23-46-34)19-39-36(43)28-11-7-4-8-12-28)22-33(42)32(18-26-9-5-3-6-10-26)40-38(44)48-35-24-47-37-30(35)15-16-45-37/h3-14,17,23,25,30,32-33,35,37,42H,15-16,18-22,24H2,1-2H3,(H,39,43)(H,40,44)/t30-,32-,33+,35-,37+/m0/s1. The first-order valence-electron chi connectivity index (χ1n) is 16.8. The Morgan fingerprint density at radius 3 is 2.52 bits per heavy atom. The second-order valence-electron chi connectivity index (χ2n) is 13.2. The second-order valence-corrected chi connectivity index (χ2v) is 13.2. The first-order valence-corrected chi connectivity index (χ1v) is 16.8. The van der Waals surface area contributed by atoms with Gasteiger partial charge in [-0.05, 0) is 54.2 Å². The molecular formula is C38H45N3O7. The Hall–Kier alpha value is -4.22. The minimum absolute atomic E-state index is 0.0305. The monoisotopic (exact) mass is 655 g/mol. The number of alkyl carbamates (subject to hydrolysis) is 1. The SMILES string of the molecule is CC(C)CN(Cc1ccc2occ(CNC(=O)c3ccccc3)c2c1)C[C@@H](O)[C@H](Cc1ccccc1)NC(=O)O[C@H]1CO[C@H]2OCC[C@H]21. The number of aliphatic hydroxyl groups excluding tert-OH is 1. The van der Waals surface area contributed by atoms with Crippen LogP contribution in [0, 0.1) is 11.8 Å². The second kappa shape index (κ2) is 15.8. The molecule has 0 radical (unpaired) electrons. The molecule has 2 aliphatic rings. The summed E-state index contributed by atoms with van der Waals surface area (Å²) in [6, 6.07) is 24.4. The Morgan fingerprint density at radius 1 is 0.979 bits per heavy atom. The third-order valence-electron chi connectivity index (χ3n) is 8.98. The van der Waals surface area contributed by atoms with Gasteiger partial charge >= 0.3 is 6.09 Å². The molecule has 2 amide bonds. The van der Waals surface area contributed by atoms with Crippen LogP contribution in [0.5, 0.6) is 0 Å². The zero-order valence-electron chi connectivity index (χ0n) is 27.5. The Balaban J connectivity index is 1.13. The van der Waals surface area contributed by atoms with Crippen molar-refractivity contribution in [3.8, 4) is 0 Å². The average molecular weight is 656 g/mol. The Labute approximate surface area is 281 Å². The summed E-state index contributed by atoms with van der Waals surface area (Å²) in [7, 11) is 0. The summed E-state index contributed by atoms with van der Waals surface area (Å²) in [6.07, 6.45) is 0.789. The summed E-state index contributed by atoms with van der Waals surface area (Å²) >= 11 is 0. The van der Waals surface area contributed by atoms with Crippen molar-refractivity contribution in [2.24, 2.45) is 11.8 Å². The zero-order chi connectivity index (χ0) is 33.5. The van der Waals surface area contributed by atoms with Crippen molar-refractivity contribution in [3.05, 3.63) is 107 Å². The van der Waals surface area contributed by atoms with Crippen LogP contribution in [-0.4, -0.2) is 72.8 Å². The number of nitrogens with one attached hydrogen (secondary N) is 2. The quantitative estimate of drug-likeness (QED) is 0.168. The number of carbonyl (C=O) groups is 2. The molecule has 1 aromatic heterocycles. The predicted molar refractivity (Wildman–Crippen MR) is 181 cm³/mol. The van der Waals surface area contributed by atoms with Crippen LogP contribution >= 0.6 is 0 Å². The van der Waals surface area contributed by atoms with Gasteiger partial charge in [0.1, 0.15) is 11.7 Å². The van der Waals surface area contributed by atoms with Crippen molar-refractivity contribution in [3.63, 3.8) is 0 Å². The van der Waals surface area contributed by atoms with Crippen molar-refractivity contribution in [1.82, 2.24) is 15.5 Å². The molecule has 10 nitrogen and oxygen atoms in total. The van der Waals surface area contributed by atoms with Crippen LogP contribution in [0.1, 0.15) is 47.3 Å². The normalized spacial score (nSPS) is 20.1. The summed E-state index contributed by atoms with van der Waals surface area (Å²) in [4.78, 5) is 28.0. The van der Waals surface area contributed by atoms with Gasteiger partial charge in [0.2, 0.25) is 0 Å². The van der Waals surface area contributed by atoms with E-state index in [0.717, 1.165) is 40.6 Å². The molecule has 0 saturated carbocycles. The van der Waals surface area contributed by atoms with Gasteiger partial charge < -0.3 is 34.4 Å². The number of hydrogen-bond acceptors (Lipinski definition) is 8. The molecule has 3 N–H and O–H groups in total. The van der Waals surface area contributed by atoms with Gasteiger partial charge in [-0.25, -0.2) is 4.79 Å². The van der Waals surface area contributed by atoms with E-state index in [0.29, 0.717) is 50.8 Å². The average Bonchev–Trinajstić information content (AvgIpc) is 3.81. The highest BCUT2D eigenvalue weighted by molar-refractivity contribution is 5.94. The summed E-state index contributed by atoms with van der Waals surface area (Å²) in [5.74, 6) is 0.227. The van der Waals surface area contributed by atoms with Crippen LogP contribution in [0.2, 0.25) is 0 Å². The summed E-state index contributed by atoms with van der Waals surface area (Å²) < 4.78 is 22.8. The highest BCUT2D eigenvalue weighted by Gasteiger charge is 2.44. The maximum atomic E-state index is 13.2. The van der Waals surface area contributed by atoms with Gasteiger partial charge in [0.15, 0.2) is 6.29 Å². The number of benzene rings is 3. The third-order valence-corrected chi connectivity index (χ3v) is 8.98. The van der Waals surface area contributed by atoms with Gasteiger partial charge in [-0.1, -0.05) is 68.4 Å². The van der Waals surface area contributed by atoms with Crippen LogP contribution < -0.4 is 10.6 Å². The molecule has 0 aliphatic carbocycles. The van der Waals surface area contributed by atoms with Crippen molar-refractivity contribution in [2.45, 2.75) is 64.3 Å². The van der Waals surface area contributed by atoms with E-state index in [9.17, 15) is 14.7 Å². The van der Waals surface area contributed by atoms with Crippen molar-refractivity contribution < 1.29 is 33.3 Å². The van der Waals surface area contributed by atoms with E-state index in [1.54, 1.807) is 18.4 Å². The zero-order valence-corrected chi connectivity index (χ0v) is 27.5. The maximum Gasteiger partial charge on any atom is 0.407 e. The van der Waals surface area contributed by atoms with E-state index in [-0.39, 0.29) is 24.2 Å². The lowest BCUT2D eigenvalue weighted by atomic mass is 10.00. The topological polar surface area (TPSA) is 123 Å². The number of amides is 2. The fourth-order valence-corrected chi connectivity index (χ4v) is 6.62. The highest BCUT2D eigenvalue weighted by atomic mass is 16.7. The van der Waals surface area contributed by atoms with Gasteiger partial charge in [-0.3, -0.25) is 9.69 Å². The first kappa shape index (κ1) is 33.7. The van der Waals surface area contributed by atoms with E-state index < -0.39 is 18.2 Å². The van der Waals surface area contributed by atoms with E-state index in [2.05, 4.69) is 35.4 Å². The number of rotatable bonds is 14. The maximum absolute atomic E-state index is 13.2. The van der Waals surface area contributed by atoms with Gasteiger partial charge in [0.25, 0.3) is 5.91 Å². The van der Waals surface area contributed by atoms with Crippen LogP contribution in [-0.2, 0) is 33.7 Å².